The van der Waals surface area contributed by atoms with E-state index < -0.39 is 0 Å². The Morgan fingerprint density at radius 2 is 1.89 bits per heavy atom. The van der Waals surface area contributed by atoms with Crippen molar-refractivity contribution in [3.8, 4) is 0 Å². The van der Waals surface area contributed by atoms with Crippen molar-refractivity contribution in [1.29, 1.82) is 0 Å². The molecule has 0 bridgehead atoms. The van der Waals surface area contributed by atoms with Crippen LogP contribution >= 0.6 is 0 Å². The summed E-state index contributed by atoms with van der Waals surface area (Å²) in [5.74, 6) is -0.437. The molecule has 1 aliphatic rings. The van der Waals surface area contributed by atoms with Gasteiger partial charge in [0.1, 0.15) is 5.82 Å². The van der Waals surface area contributed by atoms with Gasteiger partial charge >= 0.3 is 0 Å². The Hall–Kier alpha value is -1.58. The molecular formula is C14H19FN2O. The molecule has 1 aromatic carbocycles. The average molecular weight is 250 g/mol. The first-order chi connectivity index (χ1) is 8.72. The van der Waals surface area contributed by atoms with E-state index in [2.05, 4.69) is 5.32 Å². The maximum Gasteiger partial charge on any atom is 0.256 e. The third-order valence-electron chi connectivity index (χ3n) is 3.37. The lowest BCUT2D eigenvalue weighted by atomic mass is 10.1. The lowest BCUT2D eigenvalue weighted by molar-refractivity contribution is 0.0762. The van der Waals surface area contributed by atoms with Crippen LogP contribution in [-0.4, -0.2) is 30.9 Å². The highest BCUT2D eigenvalue weighted by atomic mass is 19.1. The number of likely N-dealkylation sites (tertiary alicyclic amines) is 1. The number of carbonyl (C=O) groups is 1. The zero-order valence-electron chi connectivity index (χ0n) is 10.7. The van der Waals surface area contributed by atoms with Crippen LogP contribution in [0.1, 0.15) is 36.0 Å². The fraction of sp³-hybridized carbons (Fsp3) is 0.500. The predicted molar refractivity (Wildman–Crippen MR) is 70.3 cm³/mol. The molecule has 98 valence electrons. The minimum absolute atomic E-state index is 0.0687. The molecule has 0 spiro atoms. The van der Waals surface area contributed by atoms with E-state index in [0.29, 0.717) is 11.3 Å². The number of amides is 1. The summed E-state index contributed by atoms with van der Waals surface area (Å²) in [5.41, 5.74) is 1.12. The second-order valence-corrected chi connectivity index (χ2v) is 4.65. The number of rotatable bonds is 2. The summed E-state index contributed by atoms with van der Waals surface area (Å²) in [7, 11) is 1.74. The summed E-state index contributed by atoms with van der Waals surface area (Å²) in [6.45, 7) is 1.55. The van der Waals surface area contributed by atoms with Crippen LogP contribution in [0.2, 0.25) is 0 Å². The Kier molecular flexibility index (Phi) is 4.18. The summed E-state index contributed by atoms with van der Waals surface area (Å²) in [5, 5.41) is 2.94. The summed E-state index contributed by atoms with van der Waals surface area (Å²) in [4.78, 5) is 14.2. The summed E-state index contributed by atoms with van der Waals surface area (Å²) >= 11 is 0. The quantitative estimate of drug-likeness (QED) is 0.875. The van der Waals surface area contributed by atoms with Gasteiger partial charge in [0.05, 0.1) is 5.56 Å². The van der Waals surface area contributed by atoms with Crippen molar-refractivity contribution < 1.29 is 9.18 Å². The van der Waals surface area contributed by atoms with Gasteiger partial charge in [-0.25, -0.2) is 4.39 Å². The summed E-state index contributed by atoms with van der Waals surface area (Å²) < 4.78 is 13.3. The Bertz CT molecular complexity index is 426. The van der Waals surface area contributed by atoms with E-state index in [-0.39, 0.29) is 11.7 Å². The molecule has 1 saturated heterocycles. The van der Waals surface area contributed by atoms with Crippen LogP contribution in [0.15, 0.2) is 18.2 Å². The molecule has 1 aromatic rings. The first-order valence-corrected chi connectivity index (χ1v) is 6.49. The summed E-state index contributed by atoms with van der Waals surface area (Å²) in [6.07, 6.45) is 4.42. The van der Waals surface area contributed by atoms with Crippen LogP contribution in [0, 0.1) is 5.82 Å². The fourth-order valence-corrected chi connectivity index (χ4v) is 2.36. The first kappa shape index (κ1) is 12.9. The third-order valence-corrected chi connectivity index (χ3v) is 3.37. The molecule has 2 rings (SSSR count). The molecule has 0 atom stereocenters. The zero-order valence-corrected chi connectivity index (χ0v) is 10.7. The van der Waals surface area contributed by atoms with Gasteiger partial charge in [-0.15, -0.1) is 0 Å². The van der Waals surface area contributed by atoms with Crippen LogP contribution in [0.4, 0.5) is 10.1 Å². The minimum atomic E-state index is -0.368. The maximum atomic E-state index is 13.3. The van der Waals surface area contributed by atoms with Gasteiger partial charge in [0.15, 0.2) is 0 Å². The van der Waals surface area contributed by atoms with Gasteiger partial charge in [0.25, 0.3) is 5.91 Å². The van der Waals surface area contributed by atoms with E-state index in [4.69, 9.17) is 0 Å². The normalized spacial score (nSPS) is 16.2. The van der Waals surface area contributed by atoms with Gasteiger partial charge in [0.2, 0.25) is 0 Å². The number of hydrogen-bond acceptors (Lipinski definition) is 2. The number of hydrogen-bond donors (Lipinski definition) is 1. The molecule has 0 aliphatic carbocycles. The van der Waals surface area contributed by atoms with E-state index >= 15 is 0 Å². The molecular weight excluding hydrogens is 231 g/mol. The molecule has 3 nitrogen and oxygen atoms in total. The molecule has 0 aromatic heterocycles. The van der Waals surface area contributed by atoms with Crippen LogP contribution in [-0.2, 0) is 0 Å². The topological polar surface area (TPSA) is 32.3 Å². The van der Waals surface area contributed by atoms with E-state index in [0.717, 1.165) is 25.9 Å². The molecule has 1 fully saturated rings. The van der Waals surface area contributed by atoms with Crippen molar-refractivity contribution in [2.45, 2.75) is 25.7 Å². The Balaban J connectivity index is 2.23. The van der Waals surface area contributed by atoms with E-state index in [1.54, 1.807) is 13.1 Å². The summed E-state index contributed by atoms with van der Waals surface area (Å²) in [6, 6.07) is 4.30. The number of carbonyl (C=O) groups excluding carboxylic acids is 1. The van der Waals surface area contributed by atoms with Gasteiger partial charge < -0.3 is 10.2 Å². The second kappa shape index (κ2) is 5.85. The van der Waals surface area contributed by atoms with Crippen LogP contribution in [0.3, 0.4) is 0 Å². The Morgan fingerprint density at radius 3 is 2.50 bits per heavy atom. The SMILES string of the molecule is CNc1ccc(F)cc1C(=O)N1CCCCCC1. The largest absolute Gasteiger partial charge is 0.387 e. The molecule has 1 aliphatic heterocycles. The molecule has 1 N–H and O–H groups in total. The van der Waals surface area contributed by atoms with Crippen molar-refractivity contribution in [1.82, 2.24) is 4.90 Å². The molecule has 0 radical (unpaired) electrons. The van der Waals surface area contributed by atoms with Crippen LogP contribution in [0.25, 0.3) is 0 Å². The number of benzene rings is 1. The van der Waals surface area contributed by atoms with Crippen molar-refractivity contribution in [2.75, 3.05) is 25.5 Å². The monoisotopic (exact) mass is 250 g/mol. The molecule has 1 heterocycles. The molecule has 18 heavy (non-hydrogen) atoms. The standard InChI is InChI=1S/C14H19FN2O/c1-16-13-7-6-11(15)10-12(13)14(18)17-8-4-2-3-5-9-17/h6-7,10,16H,2-5,8-9H2,1H3. The Morgan fingerprint density at radius 1 is 1.22 bits per heavy atom. The van der Waals surface area contributed by atoms with Crippen molar-refractivity contribution >= 4 is 11.6 Å². The number of anilines is 1. The Labute approximate surface area is 107 Å². The van der Waals surface area contributed by atoms with Gasteiger partial charge in [-0.1, -0.05) is 12.8 Å². The van der Waals surface area contributed by atoms with Crippen molar-refractivity contribution in [3.05, 3.63) is 29.6 Å². The van der Waals surface area contributed by atoms with Gasteiger partial charge in [-0.2, -0.15) is 0 Å². The van der Waals surface area contributed by atoms with E-state index in [1.807, 2.05) is 4.90 Å². The predicted octanol–water partition coefficient (Wildman–Crippen LogP) is 2.88. The zero-order chi connectivity index (χ0) is 13.0. The van der Waals surface area contributed by atoms with Crippen molar-refractivity contribution in [3.63, 3.8) is 0 Å². The minimum Gasteiger partial charge on any atom is -0.387 e. The molecule has 1 amide bonds. The lowest BCUT2D eigenvalue weighted by Crippen LogP contribution is -2.32. The van der Waals surface area contributed by atoms with Crippen LogP contribution in [0.5, 0.6) is 0 Å². The fourth-order valence-electron chi connectivity index (χ4n) is 2.36. The van der Waals surface area contributed by atoms with Gasteiger partial charge in [0, 0.05) is 25.8 Å². The third kappa shape index (κ3) is 2.81. The molecule has 0 saturated carbocycles. The highest BCUT2D eigenvalue weighted by Gasteiger charge is 2.20. The van der Waals surface area contributed by atoms with Crippen LogP contribution < -0.4 is 5.32 Å². The first-order valence-electron chi connectivity index (χ1n) is 6.49. The number of nitrogens with zero attached hydrogens (tertiary/aromatic N) is 1. The maximum absolute atomic E-state index is 13.3. The lowest BCUT2D eigenvalue weighted by Gasteiger charge is -2.21. The van der Waals surface area contributed by atoms with Gasteiger partial charge in [-0.05, 0) is 31.0 Å². The molecule has 4 heteroatoms. The van der Waals surface area contributed by atoms with E-state index in [1.165, 1.54) is 25.0 Å². The smallest absolute Gasteiger partial charge is 0.256 e. The van der Waals surface area contributed by atoms with Crippen molar-refractivity contribution in [2.24, 2.45) is 0 Å². The number of nitrogens with one attached hydrogen (secondary N) is 1. The average Bonchev–Trinajstić information content (AvgIpc) is 2.66. The second-order valence-electron chi connectivity index (χ2n) is 4.65. The number of halogens is 1. The highest BCUT2D eigenvalue weighted by molar-refractivity contribution is 5.99. The van der Waals surface area contributed by atoms with Gasteiger partial charge in [-0.3, -0.25) is 4.79 Å². The van der Waals surface area contributed by atoms with E-state index in [9.17, 15) is 9.18 Å². The highest BCUT2D eigenvalue weighted by Crippen LogP contribution is 2.20. The molecule has 0 unspecified atom stereocenters.